The number of fused-ring (bicyclic) bond motifs is 2. The number of thiazole rings is 1. The van der Waals surface area contributed by atoms with E-state index in [-0.39, 0.29) is 11.7 Å². The number of hydrogen-bond donors (Lipinski definition) is 1. The SMILES string of the molecule is Cc1cc2oc(=O)cc(C[NH+](C)[C@H](C)c3nc4ccccc4s3)c2cc1Cl. The minimum Gasteiger partial charge on any atom is -0.423 e. The van der Waals surface area contributed by atoms with Gasteiger partial charge in [0.05, 0.1) is 17.3 Å². The maximum Gasteiger partial charge on any atom is 0.336 e. The molecule has 0 spiro atoms. The van der Waals surface area contributed by atoms with E-state index in [0.29, 0.717) is 17.2 Å². The number of rotatable bonds is 4. The molecule has 0 aliphatic rings. The Labute approximate surface area is 166 Å². The number of hydrogen-bond acceptors (Lipinski definition) is 4. The maximum atomic E-state index is 12.0. The molecule has 1 unspecified atom stereocenters. The molecule has 0 radical (unpaired) electrons. The Morgan fingerprint density at radius 2 is 2.04 bits per heavy atom. The van der Waals surface area contributed by atoms with Crippen molar-refractivity contribution in [1.29, 1.82) is 0 Å². The Hall–Kier alpha value is -2.21. The van der Waals surface area contributed by atoms with E-state index in [4.69, 9.17) is 21.0 Å². The quantitative estimate of drug-likeness (QED) is 0.524. The molecule has 2 aromatic carbocycles. The van der Waals surface area contributed by atoms with Crippen molar-refractivity contribution in [2.24, 2.45) is 0 Å². The third-order valence-electron chi connectivity index (χ3n) is 5.00. The molecule has 4 rings (SSSR count). The normalized spacial score (nSPS) is 13.9. The average molecular weight is 400 g/mol. The summed E-state index contributed by atoms with van der Waals surface area (Å²) in [6.45, 7) is 4.75. The minimum atomic E-state index is -0.334. The van der Waals surface area contributed by atoms with Gasteiger partial charge in [-0.15, -0.1) is 11.3 Å². The van der Waals surface area contributed by atoms with E-state index in [9.17, 15) is 4.79 Å². The van der Waals surface area contributed by atoms with Crippen molar-refractivity contribution in [3.8, 4) is 0 Å². The van der Waals surface area contributed by atoms with E-state index < -0.39 is 0 Å². The first-order valence-corrected chi connectivity index (χ1v) is 10.0. The Morgan fingerprint density at radius 1 is 1.26 bits per heavy atom. The Balaban J connectivity index is 1.68. The smallest absolute Gasteiger partial charge is 0.336 e. The molecule has 1 N–H and O–H groups in total. The molecule has 4 aromatic rings. The first-order valence-electron chi connectivity index (χ1n) is 8.83. The second-order valence-corrected chi connectivity index (χ2v) is 8.42. The highest BCUT2D eigenvalue weighted by Gasteiger charge is 2.21. The minimum absolute atomic E-state index is 0.200. The fourth-order valence-corrected chi connectivity index (χ4v) is 4.51. The zero-order valence-corrected chi connectivity index (χ0v) is 16.9. The van der Waals surface area contributed by atoms with Crippen LogP contribution in [-0.2, 0) is 6.54 Å². The third kappa shape index (κ3) is 3.50. The largest absolute Gasteiger partial charge is 0.423 e. The van der Waals surface area contributed by atoms with E-state index in [2.05, 4.69) is 20.0 Å². The summed E-state index contributed by atoms with van der Waals surface area (Å²) in [5.74, 6) is 0. The van der Waals surface area contributed by atoms with Crippen molar-refractivity contribution in [2.45, 2.75) is 26.4 Å². The summed E-state index contributed by atoms with van der Waals surface area (Å²) >= 11 is 8.03. The second kappa shape index (κ2) is 7.08. The van der Waals surface area contributed by atoms with E-state index >= 15 is 0 Å². The number of para-hydroxylation sites is 1. The van der Waals surface area contributed by atoms with Gasteiger partial charge in [-0.2, -0.15) is 0 Å². The van der Waals surface area contributed by atoms with E-state index in [1.807, 2.05) is 37.3 Å². The van der Waals surface area contributed by atoms with E-state index in [1.54, 1.807) is 17.4 Å². The predicted molar refractivity (Wildman–Crippen MR) is 111 cm³/mol. The highest BCUT2D eigenvalue weighted by molar-refractivity contribution is 7.18. The highest BCUT2D eigenvalue weighted by Crippen LogP contribution is 2.26. The lowest BCUT2D eigenvalue weighted by molar-refractivity contribution is -0.923. The molecule has 0 saturated carbocycles. The van der Waals surface area contributed by atoms with E-state index in [1.165, 1.54) is 9.60 Å². The molecule has 0 bridgehead atoms. The van der Waals surface area contributed by atoms with Gasteiger partial charge in [0.15, 0.2) is 5.01 Å². The van der Waals surface area contributed by atoms with Crippen molar-refractivity contribution in [1.82, 2.24) is 4.98 Å². The van der Waals surface area contributed by atoms with Gasteiger partial charge in [-0.1, -0.05) is 23.7 Å². The van der Waals surface area contributed by atoms with Gasteiger partial charge < -0.3 is 9.32 Å². The summed E-state index contributed by atoms with van der Waals surface area (Å²) in [7, 11) is 2.12. The Kier molecular flexibility index (Phi) is 4.76. The summed E-state index contributed by atoms with van der Waals surface area (Å²) in [6.07, 6.45) is 0. The fraction of sp³-hybridized carbons (Fsp3) is 0.238. The van der Waals surface area contributed by atoms with Crippen LogP contribution in [0.2, 0.25) is 5.02 Å². The number of aryl methyl sites for hydroxylation is 1. The first kappa shape index (κ1) is 18.2. The van der Waals surface area contributed by atoms with Crippen LogP contribution in [-0.4, -0.2) is 12.0 Å². The van der Waals surface area contributed by atoms with Crippen LogP contribution in [0.3, 0.4) is 0 Å². The molecule has 0 saturated heterocycles. The molecule has 0 fully saturated rings. The molecule has 138 valence electrons. The van der Waals surface area contributed by atoms with Gasteiger partial charge in [0.1, 0.15) is 18.2 Å². The van der Waals surface area contributed by atoms with Gasteiger partial charge in [-0.3, -0.25) is 0 Å². The summed E-state index contributed by atoms with van der Waals surface area (Å²) in [5.41, 5.74) is 3.12. The molecule has 27 heavy (non-hydrogen) atoms. The summed E-state index contributed by atoms with van der Waals surface area (Å²) in [5, 5.41) is 2.66. The lowest BCUT2D eigenvalue weighted by Crippen LogP contribution is -3.07. The van der Waals surface area contributed by atoms with Crippen molar-refractivity contribution in [3.05, 3.63) is 74.0 Å². The highest BCUT2D eigenvalue weighted by atomic mass is 35.5. The Bertz CT molecular complexity index is 1160. The van der Waals surface area contributed by atoms with Gasteiger partial charge in [-0.05, 0) is 43.7 Å². The average Bonchev–Trinajstić information content (AvgIpc) is 3.06. The number of quaternary nitrogens is 1. The topological polar surface area (TPSA) is 47.5 Å². The van der Waals surface area contributed by atoms with Crippen LogP contribution in [0.5, 0.6) is 0 Å². The lowest BCUT2D eigenvalue weighted by Gasteiger charge is -2.20. The maximum absolute atomic E-state index is 12.0. The molecular formula is C21H20ClN2O2S+. The van der Waals surface area contributed by atoms with Crippen molar-refractivity contribution in [2.75, 3.05) is 7.05 Å². The van der Waals surface area contributed by atoms with Crippen LogP contribution in [0.4, 0.5) is 0 Å². The zero-order valence-electron chi connectivity index (χ0n) is 15.4. The third-order valence-corrected chi connectivity index (χ3v) is 6.63. The molecule has 6 heteroatoms. The monoisotopic (exact) mass is 399 g/mol. The number of nitrogens with one attached hydrogen (secondary N) is 1. The van der Waals surface area contributed by atoms with Crippen molar-refractivity contribution in [3.63, 3.8) is 0 Å². The fourth-order valence-electron chi connectivity index (χ4n) is 3.23. The van der Waals surface area contributed by atoms with Crippen LogP contribution in [0.25, 0.3) is 21.2 Å². The molecule has 2 aromatic heterocycles. The number of halogens is 1. The summed E-state index contributed by atoms with van der Waals surface area (Å²) in [4.78, 5) is 18.0. The van der Waals surface area contributed by atoms with Gasteiger partial charge in [0.25, 0.3) is 0 Å². The van der Waals surface area contributed by atoms with Gasteiger partial charge >= 0.3 is 5.63 Å². The van der Waals surface area contributed by atoms with Crippen LogP contribution >= 0.6 is 22.9 Å². The van der Waals surface area contributed by atoms with Crippen LogP contribution in [0, 0.1) is 6.92 Å². The number of benzene rings is 2. The van der Waals surface area contributed by atoms with Crippen LogP contribution < -0.4 is 10.5 Å². The molecule has 2 atom stereocenters. The van der Waals surface area contributed by atoms with E-state index in [0.717, 1.165) is 27.0 Å². The summed E-state index contributed by atoms with van der Waals surface area (Å²) < 4.78 is 6.57. The molecular weight excluding hydrogens is 380 g/mol. The zero-order chi connectivity index (χ0) is 19.1. The van der Waals surface area contributed by atoms with Crippen LogP contribution in [0.1, 0.15) is 29.1 Å². The van der Waals surface area contributed by atoms with Crippen LogP contribution in [0.15, 0.2) is 51.7 Å². The number of aromatic nitrogens is 1. The van der Waals surface area contributed by atoms with Crippen molar-refractivity contribution >= 4 is 44.1 Å². The second-order valence-electron chi connectivity index (χ2n) is 6.95. The molecule has 0 aliphatic carbocycles. The molecule has 0 amide bonds. The van der Waals surface area contributed by atoms with Gasteiger partial charge in [0.2, 0.25) is 0 Å². The van der Waals surface area contributed by atoms with Gasteiger partial charge in [-0.25, -0.2) is 9.78 Å². The number of nitrogens with zero attached hydrogens (tertiary/aromatic N) is 1. The lowest BCUT2D eigenvalue weighted by atomic mass is 10.1. The standard InChI is InChI=1S/C21H19ClN2O2S/c1-12-8-18-15(10-16(12)22)14(9-20(25)26-18)11-24(3)13(2)21-23-17-6-4-5-7-19(17)27-21/h4-10,13H,11H2,1-3H3/p+1/t13-/m1/s1. The molecule has 0 aliphatic heterocycles. The molecule has 4 nitrogen and oxygen atoms in total. The molecule has 2 heterocycles. The van der Waals surface area contributed by atoms with Gasteiger partial charge in [0, 0.05) is 22.0 Å². The summed E-state index contributed by atoms with van der Waals surface area (Å²) in [6, 6.07) is 13.7. The Morgan fingerprint density at radius 3 is 2.81 bits per heavy atom. The predicted octanol–water partition coefficient (Wildman–Crippen LogP) is 4.14. The van der Waals surface area contributed by atoms with Crippen molar-refractivity contribution < 1.29 is 9.32 Å². The first-order chi connectivity index (χ1) is 12.9.